The number of nitrogens with one attached hydrogen (secondary N) is 1. The molecule has 2 aromatic carbocycles. The molecule has 2 aromatic rings. The van der Waals surface area contributed by atoms with Gasteiger partial charge in [0.15, 0.2) is 0 Å². The molecule has 0 aliphatic heterocycles. The number of sulfonamides is 1. The van der Waals surface area contributed by atoms with E-state index in [4.69, 9.17) is 4.74 Å². The summed E-state index contributed by atoms with van der Waals surface area (Å²) in [6.07, 6.45) is 2.99. The second-order valence-corrected chi connectivity index (χ2v) is 7.92. The van der Waals surface area contributed by atoms with E-state index in [1.807, 2.05) is 36.4 Å². The zero-order valence-electron chi connectivity index (χ0n) is 14.0. The molecule has 4 nitrogen and oxygen atoms in total. The lowest BCUT2D eigenvalue weighted by Crippen LogP contribution is -2.30. The van der Waals surface area contributed by atoms with Gasteiger partial charge in [0.05, 0.1) is 12.0 Å². The fraction of sp³-hybridized carbons (Fsp3) is 0.368. The number of aryl methyl sites for hydroxylation is 1. The van der Waals surface area contributed by atoms with Crippen LogP contribution in [0.5, 0.6) is 5.75 Å². The monoisotopic (exact) mass is 345 g/mol. The highest BCUT2D eigenvalue weighted by Crippen LogP contribution is 2.42. The number of hydrogen-bond acceptors (Lipinski definition) is 3. The highest BCUT2D eigenvalue weighted by molar-refractivity contribution is 7.89. The van der Waals surface area contributed by atoms with E-state index in [1.54, 1.807) is 19.2 Å². The van der Waals surface area contributed by atoms with Crippen LogP contribution in [-0.2, 0) is 16.4 Å². The van der Waals surface area contributed by atoms with E-state index in [0.29, 0.717) is 10.8 Å². The zero-order chi connectivity index (χ0) is 17.2. The summed E-state index contributed by atoms with van der Waals surface area (Å²) in [6.45, 7) is 2.05. The summed E-state index contributed by atoms with van der Waals surface area (Å²) < 4.78 is 33.5. The summed E-state index contributed by atoms with van der Waals surface area (Å²) in [7, 11) is -1.91. The largest absolute Gasteiger partial charge is 0.497 e. The molecular formula is C19H23NO3S. The molecule has 1 saturated carbocycles. The highest BCUT2D eigenvalue weighted by Gasteiger charge is 2.35. The quantitative estimate of drug-likeness (QED) is 0.833. The predicted octanol–water partition coefficient (Wildman–Crippen LogP) is 3.69. The lowest BCUT2D eigenvalue weighted by molar-refractivity contribution is 0.414. The van der Waals surface area contributed by atoms with Crippen LogP contribution in [0.2, 0.25) is 0 Å². The van der Waals surface area contributed by atoms with E-state index in [2.05, 4.69) is 11.6 Å². The first-order valence-corrected chi connectivity index (χ1v) is 9.77. The van der Waals surface area contributed by atoms with E-state index in [1.165, 1.54) is 0 Å². The Morgan fingerprint density at radius 3 is 2.21 bits per heavy atom. The average Bonchev–Trinajstić information content (AvgIpc) is 3.45. The molecule has 0 unspecified atom stereocenters. The first-order valence-electron chi connectivity index (χ1n) is 8.28. The van der Waals surface area contributed by atoms with Crippen molar-refractivity contribution in [2.24, 2.45) is 5.92 Å². The summed E-state index contributed by atoms with van der Waals surface area (Å²) in [5, 5.41) is 0. The lowest BCUT2D eigenvalue weighted by Gasteiger charge is -2.19. The summed E-state index contributed by atoms with van der Waals surface area (Å²) in [5.74, 6) is 1.13. The van der Waals surface area contributed by atoms with Crippen LogP contribution in [0.1, 0.15) is 36.9 Å². The van der Waals surface area contributed by atoms with Gasteiger partial charge in [-0.2, -0.15) is 0 Å². The van der Waals surface area contributed by atoms with Crippen molar-refractivity contribution in [1.29, 1.82) is 0 Å². The van der Waals surface area contributed by atoms with Gasteiger partial charge in [0, 0.05) is 6.04 Å². The van der Waals surface area contributed by atoms with Crippen molar-refractivity contribution in [3.05, 3.63) is 59.7 Å². The standard InChI is InChI=1S/C19H23NO3S/c1-3-14-4-12-18(13-5-14)24(21,22)20-19(15-6-7-15)16-8-10-17(23-2)11-9-16/h4-5,8-13,15,19-20H,3,6-7H2,1-2H3/t19-/m0/s1. The van der Waals surface area contributed by atoms with Crippen molar-refractivity contribution >= 4 is 10.0 Å². The van der Waals surface area contributed by atoms with Crippen molar-refractivity contribution in [2.75, 3.05) is 7.11 Å². The van der Waals surface area contributed by atoms with Crippen molar-refractivity contribution in [1.82, 2.24) is 4.72 Å². The number of benzene rings is 2. The highest BCUT2D eigenvalue weighted by atomic mass is 32.2. The van der Waals surface area contributed by atoms with E-state index >= 15 is 0 Å². The number of ether oxygens (including phenoxy) is 1. The number of hydrogen-bond donors (Lipinski definition) is 1. The molecule has 0 amide bonds. The van der Waals surface area contributed by atoms with Gasteiger partial charge in [-0.05, 0) is 60.6 Å². The third kappa shape index (κ3) is 3.79. The Morgan fingerprint density at radius 2 is 1.71 bits per heavy atom. The van der Waals surface area contributed by atoms with Gasteiger partial charge in [0.1, 0.15) is 5.75 Å². The predicted molar refractivity (Wildman–Crippen MR) is 94.6 cm³/mol. The smallest absolute Gasteiger partial charge is 0.241 e. The molecule has 1 fully saturated rings. The molecule has 0 spiro atoms. The normalized spacial score (nSPS) is 15.9. The van der Waals surface area contributed by atoms with Gasteiger partial charge >= 0.3 is 0 Å². The second kappa shape index (κ2) is 6.95. The van der Waals surface area contributed by atoms with Crippen molar-refractivity contribution in [3.8, 4) is 5.75 Å². The van der Waals surface area contributed by atoms with E-state index in [9.17, 15) is 8.42 Å². The average molecular weight is 345 g/mol. The van der Waals surface area contributed by atoms with Crippen molar-refractivity contribution in [3.63, 3.8) is 0 Å². The molecule has 5 heteroatoms. The molecule has 0 bridgehead atoms. The second-order valence-electron chi connectivity index (χ2n) is 6.21. The van der Waals surface area contributed by atoms with Crippen LogP contribution in [0.15, 0.2) is 53.4 Å². The molecule has 1 atom stereocenters. The molecule has 0 radical (unpaired) electrons. The van der Waals surface area contributed by atoms with Crippen LogP contribution in [0.25, 0.3) is 0 Å². The maximum Gasteiger partial charge on any atom is 0.241 e. The zero-order valence-corrected chi connectivity index (χ0v) is 14.8. The SMILES string of the molecule is CCc1ccc(S(=O)(=O)N[C@H](c2ccc(OC)cc2)C2CC2)cc1. The summed E-state index contributed by atoms with van der Waals surface area (Å²) in [6, 6.07) is 14.5. The van der Waals surface area contributed by atoms with Gasteiger partial charge in [-0.15, -0.1) is 0 Å². The molecule has 3 rings (SSSR count). The minimum Gasteiger partial charge on any atom is -0.497 e. The Hall–Kier alpha value is -1.85. The molecule has 1 N–H and O–H groups in total. The van der Waals surface area contributed by atoms with E-state index in [0.717, 1.165) is 36.1 Å². The fourth-order valence-electron chi connectivity index (χ4n) is 2.82. The molecule has 0 saturated heterocycles. The van der Waals surface area contributed by atoms with Crippen LogP contribution >= 0.6 is 0 Å². The van der Waals surface area contributed by atoms with Crippen LogP contribution in [0.4, 0.5) is 0 Å². The van der Waals surface area contributed by atoms with E-state index in [-0.39, 0.29) is 6.04 Å². The molecule has 0 aromatic heterocycles. The maximum absolute atomic E-state index is 12.7. The van der Waals surface area contributed by atoms with Crippen molar-refractivity contribution < 1.29 is 13.2 Å². The van der Waals surface area contributed by atoms with Crippen LogP contribution in [0.3, 0.4) is 0 Å². The summed E-state index contributed by atoms with van der Waals surface area (Å²) >= 11 is 0. The molecule has 0 heterocycles. The lowest BCUT2D eigenvalue weighted by atomic mass is 10.0. The summed E-state index contributed by atoms with van der Waals surface area (Å²) in [5.41, 5.74) is 2.11. The van der Waals surface area contributed by atoms with Gasteiger partial charge in [-0.3, -0.25) is 0 Å². The topological polar surface area (TPSA) is 55.4 Å². The maximum atomic E-state index is 12.7. The van der Waals surface area contributed by atoms with Crippen LogP contribution in [-0.4, -0.2) is 15.5 Å². The Labute approximate surface area is 143 Å². The minimum absolute atomic E-state index is 0.188. The van der Waals surface area contributed by atoms with Crippen LogP contribution in [0, 0.1) is 5.92 Å². The Bertz CT molecular complexity index is 778. The van der Waals surface area contributed by atoms with E-state index < -0.39 is 10.0 Å². The minimum atomic E-state index is -3.53. The Balaban J connectivity index is 1.83. The Kier molecular flexibility index (Phi) is 4.92. The molecule has 1 aliphatic rings. The third-order valence-corrected chi connectivity index (χ3v) is 5.95. The van der Waals surface area contributed by atoms with Gasteiger partial charge in [-0.1, -0.05) is 31.2 Å². The first kappa shape index (κ1) is 17.0. The Morgan fingerprint density at radius 1 is 1.08 bits per heavy atom. The fourth-order valence-corrected chi connectivity index (χ4v) is 4.11. The van der Waals surface area contributed by atoms with Gasteiger partial charge in [0.25, 0.3) is 0 Å². The summed E-state index contributed by atoms with van der Waals surface area (Å²) in [4.78, 5) is 0.318. The number of rotatable bonds is 7. The number of methoxy groups -OCH3 is 1. The third-order valence-electron chi connectivity index (χ3n) is 4.49. The molecule has 24 heavy (non-hydrogen) atoms. The molecule has 128 valence electrons. The molecular weight excluding hydrogens is 322 g/mol. The van der Waals surface area contributed by atoms with Gasteiger partial charge < -0.3 is 4.74 Å². The van der Waals surface area contributed by atoms with Crippen molar-refractivity contribution in [2.45, 2.75) is 37.1 Å². The van der Waals surface area contributed by atoms with Crippen LogP contribution < -0.4 is 9.46 Å². The van der Waals surface area contributed by atoms with Gasteiger partial charge in [0.2, 0.25) is 10.0 Å². The van der Waals surface area contributed by atoms with Gasteiger partial charge in [-0.25, -0.2) is 13.1 Å². The first-order chi connectivity index (χ1) is 11.5. The molecule has 1 aliphatic carbocycles.